The van der Waals surface area contributed by atoms with Gasteiger partial charge in [0.2, 0.25) is 0 Å². The molecular formula is C18H17N3. The van der Waals surface area contributed by atoms with Gasteiger partial charge in [0.25, 0.3) is 0 Å². The average molecular weight is 275 g/mol. The van der Waals surface area contributed by atoms with Gasteiger partial charge in [-0.2, -0.15) is 0 Å². The van der Waals surface area contributed by atoms with Gasteiger partial charge in [0.05, 0.1) is 17.1 Å². The van der Waals surface area contributed by atoms with E-state index in [1.54, 1.807) is 0 Å². The average Bonchev–Trinajstić information content (AvgIpc) is 2.47. The third kappa shape index (κ3) is 2.68. The first-order valence-electron chi connectivity index (χ1n) is 6.97. The number of aromatic nitrogens is 3. The van der Waals surface area contributed by atoms with Gasteiger partial charge in [-0.1, -0.05) is 0 Å². The van der Waals surface area contributed by atoms with Crippen LogP contribution >= 0.6 is 0 Å². The molecule has 3 heterocycles. The van der Waals surface area contributed by atoms with Crippen LogP contribution in [0.15, 0.2) is 48.9 Å². The molecule has 21 heavy (non-hydrogen) atoms. The molecule has 0 amide bonds. The summed E-state index contributed by atoms with van der Waals surface area (Å²) in [5, 5.41) is 0. The topological polar surface area (TPSA) is 38.7 Å². The summed E-state index contributed by atoms with van der Waals surface area (Å²) in [6.45, 7) is 6.22. The van der Waals surface area contributed by atoms with Crippen molar-refractivity contribution in [2.75, 3.05) is 0 Å². The predicted molar refractivity (Wildman–Crippen MR) is 84.9 cm³/mol. The maximum absolute atomic E-state index is 4.55. The van der Waals surface area contributed by atoms with Crippen molar-refractivity contribution < 1.29 is 0 Å². The molecule has 104 valence electrons. The molecule has 3 nitrogen and oxygen atoms in total. The summed E-state index contributed by atoms with van der Waals surface area (Å²) in [5.41, 5.74) is 7.28. The molecule has 0 aliphatic carbocycles. The predicted octanol–water partition coefficient (Wildman–Crippen LogP) is 4.13. The fraction of sp³-hybridized carbons (Fsp3) is 0.167. The highest BCUT2D eigenvalue weighted by Gasteiger charge is 2.14. The van der Waals surface area contributed by atoms with Gasteiger partial charge in [-0.25, -0.2) is 0 Å². The lowest BCUT2D eigenvalue weighted by molar-refractivity contribution is 1.20. The van der Waals surface area contributed by atoms with Gasteiger partial charge in [0.1, 0.15) is 0 Å². The van der Waals surface area contributed by atoms with Gasteiger partial charge in [0, 0.05) is 24.2 Å². The molecule has 0 unspecified atom stereocenters. The quantitative estimate of drug-likeness (QED) is 0.705. The third-order valence-corrected chi connectivity index (χ3v) is 3.49. The minimum absolute atomic E-state index is 0.886. The molecule has 3 aromatic heterocycles. The van der Waals surface area contributed by atoms with Crippen LogP contribution in [-0.4, -0.2) is 15.0 Å². The second kappa shape index (κ2) is 5.44. The zero-order chi connectivity index (χ0) is 14.8. The van der Waals surface area contributed by atoms with Gasteiger partial charge in [-0.15, -0.1) is 0 Å². The van der Waals surface area contributed by atoms with E-state index in [9.17, 15) is 0 Å². The Labute approximate surface area is 124 Å². The zero-order valence-electron chi connectivity index (χ0n) is 12.5. The van der Waals surface area contributed by atoms with Crippen LogP contribution in [-0.2, 0) is 0 Å². The van der Waals surface area contributed by atoms with Crippen molar-refractivity contribution >= 4 is 0 Å². The lowest BCUT2D eigenvalue weighted by Crippen LogP contribution is -1.96. The molecule has 0 radical (unpaired) electrons. The monoisotopic (exact) mass is 275 g/mol. The molecule has 3 aromatic rings. The van der Waals surface area contributed by atoms with Crippen molar-refractivity contribution in [1.29, 1.82) is 0 Å². The minimum Gasteiger partial charge on any atom is -0.256 e. The number of hydrogen-bond acceptors (Lipinski definition) is 3. The first-order valence-corrected chi connectivity index (χ1v) is 6.97. The van der Waals surface area contributed by atoms with Crippen LogP contribution in [0.3, 0.4) is 0 Å². The molecule has 0 saturated carbocycles. The molecule has 0 fully saturated rings. The van der Waals surface area contributed by atoms with Crippen LogP contribution in [0.5, 0.6) is 0 Å². The van der Waals surface area contributed by atoms with E-state index in [1.807, 2.05) is 36.8 Å². The summed E-state index contributed by atoms with van der Waals surface area (Å²) in [6.07, 6.45) is 5.49. The van der Waals surface area contributed by atoms with E-state index in [4.69, 9.17) is 0 Å². The highest BCUT2D eigenvalue weighted by atomic mass is 14.8. The molecule has 0 aromatic carbocycles. The Morgan fingerprint density at radius 2 is 1.24 bits per heavy atom. The highest BCUT2D eigenvalue weighted by Crippen LogP contribution is 2.31. The van der Waals surface area contributed by atoms with E-state index < -0.39 is 0 Å². The molecule has 3 rings (SSSR count). The first kappa shape index (κ1) is 13.4. The van der Waals surface area contributed by atoms with E-state index in [0.717, 1.165) is 28.2 Å². The molecule has 0 saturated heterocycles. The normalized spacial score (nSPS) is 10.6. The smallest absolute Gasteiger partial charge is 0.0982 e. The fourth-order valence-electron chi connectivity index (χ4n) is 2.41. The van der Waals surface area contributed by atoms with Crippen molar-refractivity contribution in [3.8, 4) is 22.6 Å². The number of pyridine rings is 3. The summed E-state index contributed by atoms with van der Waals surface area (Å²) in [6, 6.07) is 10.1. The van der Waals surface area contributed by atoms with E-state index in [1.165, 1.54) is 11.1 Å². The molecule has 0 aliphatic rings. The summed E-state index contributed by atoms with van der Waals surface area (Å²) in [4.78, 5) is 13.5. The summed E-state index contributed by atoms with van der Waals surface area (Å²) in [7, 11) is 0. The lowest BCUT2D eigenvalue weighted by atomic mass is 10.00. The van der Waals surface area contributed by atoms with Crippen molar-refractivity contribution in [1.82, 2.24) is 15.0 Å². The van der Waals surface area contributed by atoms with Crippen LogP contribution in [0, 0.1) is 20.8 Å². The van der Waals surface area contributed by atoms with Gasteiger partial charge in [0.15, 0.2) is 0 Å². The second-order valence-corrected chi connectivity index (χ2v) is 5.29. The van der Waals surface area contributed by atoms with Crippen LogP contribution in [0.2, 0.25) is 0 Å². The van der Waals surface area contributed by atoms with Crippen LogP contribution in [0.25, 0.3) is 22.6 Å². The van der Waals surface area contributed by atoms with Crippen LogP contribution in [0.4, 0.5) is 0 Å². The van der Waals surface area contributed by atoms with Crippen molar-refractivity contribution in [3.05, 3.63) is 65.6 Å². The Morgan fingerprint density at radius 3 is 1.90 bits per heavy atom. The number of hydrogen-bond donors (Lipinski definition) is 0. The lowest BCUT2D eigenvalue weighted by Gasteiger charge is -2.11. The molecule has 0 N–H and O–H groups in total. The largest absolute Gasteiger partial charge is 0.256 e. The molecule has 0 aliphatic heterocycles. The van der Waals surface area contributed by atoms with E-state index in [-0.39, 0.29) is 0 Å². The molecule has 0 bridgehead atoms. The molecular weight excluding hydrogens is 258 g/mol. The fourth-order valence-corrected chi connectivity index (χ4v) is 2.41. The minimum atomic E-state index is 0.886. The summed E-state index contributed by atoms with van der Waals surface area (Å²) in [5.74, 6) is 0. The second-order valence-electron chi connectivity index (χ2n) is 5.29. The highest BCUT2D eigenvalue weighted by molar-refractivity contribution is 5.79. The standard InChI is InChI=1S/C18H17N3/c1-12-4-7-19-15(10-12)17-14(3)6-9-21-18(17)16-11-13(2)5-8-20-16/h4-11H,1-3H3. The molecule has 3 heteroatoms. The van der Waals surface area contributed by atoms with Gasteiger partial charge >= 0.3 is 0 Å². The summed E-state index contributed by atoms with van der Waals surface area (Å²) >= 11 is 0. The number of aryl methyl sites for hydroxylation is 3. The summed E-state index contributed by atoms with van der Waals surface area (Å²) < 4.78 is 0. The van der Waals surface area contributed by atoms with Crippen LogP contribution < -0.4 is 0 Å². The van der Waals surface area contributed by atoms with E-state index >= 15 is 0 Å². The number of nitrogens with zero attached hydrogens (tertiary/aromatic N) is 3. The Hall–Kier alpha value is -2.55. The van der Waals surface area contributed by atoms with Gasteiger partial charge in [-0.05, 0) is 67.8 Å². The van der Waals surface area contributed by atoms with Crippen molar-refractivity contribution in [2.45, 2.75) is 20.8 Å². The zero-order valence-corrected chi connectivity index (χ0v) is 12.5. The van der Waals surface area contributed by atoms with Gasteiger partial charge < -0.3 is 0 Å². The Morgan fingerprint density at radius 1 is 0.667 bits per heavy atom. The Kier molecular flexibility index (Phi) is 3.48. The number of rotatable bonds is 2. The van der Waals surface area contributed by atoms with Crippen molar-refractivity contribution in [3.63, 3.8) is 0 Å². The van der Waals surface area contributed by atoms with E-state index in [2.05, 4.69) is 47.9 Å². The van der Waals surface area contributed by atoms with Gasteiger partial charge in [-0.3, -0.25) is 15.0 Å². The van der Waals surface area contributed by atoms with Crippen molar-refractivity contribution in [2.24, 2.45) is 0 Å². The molecule has 0 spiro atoms. The van der Waals surface area contributed by atoms with E-state index in [0.29, 0.717) is 0 Å². The SMILES string of the molecule is Cc1ccnc(-c2nccc(C)c2-c2cc(C)ccn2)c1. The Balaban J connectivity index is 2.25. The Bertz CT molecular complexity index is 794. The molecule has 0 atom stereocenters. The first-order chi connectivity index (χ1) is 10.1. The van der Waals surface area contributed by atoms with Crippen LogP contribution in [0.1, 0.15) is 16.7 Å². The maximum atomic E-state index is 4.55. The third-order valence-electron chi connectivity index (χ3n) is 3.49. The maximum Gasteiger partial charge on any atom is 0.0982 e.